The van der Waals surface area contributed by atoms with E-state index >= 15 is 0 Å². The molecule has 0 fully saturated rings. The van der Waals surface area contributed by atoms with Gasteiger partial charge in [-0.05, 0) is 37.6 Å². The van der Waals surface area contributed by atoms with E-state index in [0.29, 0.717) is 0 Å². The molecule has 1 heterocycles. The Balaban J connectivity index is 2.39. The van der Waals surface area contributed by atoms with Crippen LogP contribution in [0.2, 0.25) is 0 Å². The van der Waals surface area contributed by atoms with E-state index in [1.807, 2.05) is 38.1 Å². The summed E-state index contributed by atoms with van der Waals surface area (Å²) in [4.78, 5) is 0. The minimum atomic E-state index is -0.706. The highest BCUT2D eigenvalue weighted by Gasteiger charge is 2.19. The standard InChI is InChI=1S/C14H15BrO3/c1-8-6-12(9(2)18-8)14(16)11-5-4-10(17-3)7-13(11)15/h4-7,14,16H,1-3H3. The first kappa shape index (κ1) is 13.2. The van der Waals surface area contributed by atoms with Crippen molar-refractivity contribution in [2.75, 3.05) is 7.11 Å². The minimum absolute atomic E-state index is 0.706. The monoisotopic (exact) mass is 310 g/mol. The lowest BCUT2D eigenvalue weighted by Gasteiger charge is -2.13. The van der Waals surface area contributed by atoms with E-state index < -0.39 is 6.10 Å². The van der Waals surface area contributed by atoms with E-state index in [4.69, 9.17) is 9.15 Å². The molecule has 96 valence electrons. The van der Waals surface area contributed by atoms with Gasteiger partial charge in [0.2, 0.25) is 0 Å². The molecule has 0 saturated heterocycles. The van der Waals surface area contributed by atoms with Gasteiger partial charge < -0.3 is 14.3 Å². The number of aryl methyl sites for hydroxylation is 2. The van der Waals surface area contributed by atoms with E-state index in [0.717, 1.165) is 32.9 Å². The molecule has 1 N–H and O–H groups in total. The lowest BCUT2D eigenvalue weighted by atomic mass is 10.0. The van der Waals surface area contributed by atoms with Crippen molar-refractivity contribution in [2.24, 2.45) is 0 Å². The maximum absolute atomic E-state index is 10.4. The second-order valence-electron chi connectivity index (χ2n) is 4.16. The lowest BCUT2D eigenvalue weighted by molar-refractivity contribution is 0.217. The van der Waals surface area contributed by atoms with Gasteiger partial charge in [-0.25, -0.2) is 0 Å². The molecule has 2 rings (SSSR count). The Morgan fingerprint density at radius 2 is 1.94 bits per heavy atom. The van der Waals surface area contributed by atoms with Gasteiger partial charge in [-0.3, -0.25) is 0 Å². The van der Waals surface area contributed by atoms with Gasteiger partial charge in [0.1, 0.15) is 23.4 Å². The van der Waals surface area contributed by atoms with Crippen molar-refractivity contribution < 1.29 is 14.3 Å². The Kier molecular flexibility index (Phi) is 3.78. The Labute approximate surface area is 115 Å². The summed E-state index contributed by atoms with van der Waals surface area (Å²) in [5.41, 5.74) is 1.58. The smallest absolute Gasteiger partial charge is 0.120 e. The molecular weight excluding hydrogens is 296 g/mol. The summed E-state index contributed by atoms with van der Waals surface area (Å²) < 4.78 is 11.4. The molecular formula is C14H15BrO3. The summed E-state index contributed by atoms with van der Waals surface area (Å²) in [7, 11) is 1.61. The summed E-state index contributed by atoms with van der Waals surface area (Å²) in [5.74, 6) is 2.28. The molecule has 3 nitrogen and oxygen atoms in total. The third-order valence-corrected chi connectivity index (χ3v) is 3.56. The van der Waals surface area contributed by atoms with Crippen LogP contribution in [0.1, 0.15) is 28.8 Å². The number of furan rings is 1. The van der Waals surface area contributed by atoms with Crippen LogP contribution in [0.15, 0.2) is 33.2 Å². The van der Waals surface area contributed by atoms with Crippen LogP contribution in [0, 0.1) is 13.8 Å². The Hall–Kier alpha value is -1.26. The van der Waals surface area contributed by atoms with Crippen molar-refractivity contribution in [3.05, 3.63) is 51.4 Å². The fourth-order valence-corrected chi connectivity index (χ4v) is 2.52. The van der Waals surface area contributed by atoms with Gasteiger partial charge in [-0.1, -0.05) is 22.0 Å². The van der Waals surface area contributed by atoms with Crippen molar-refractivity contribution >= 4 is 15.9 Å². The first-order valence-electron chi connectivity index (χ1n) is 5.61. The summed E-state index contributed by atoms with van der Waals surface area (Å²) in [6.07, 6.45) is -0.706. The van der Waals surface area contributed by atoms with Crippen LogP contribution in [0.5, 0.6) is 5.75 Å². The third kappa shape index (κ3) is 2.44. The maximum Gasteiger partial charge on any atom is 0.120 e. The Morgan fingerprint density at radius 3 is 2.44 bits per heavy atom. The van der Waals surface area contributed by atoms with Gasteiger partial charge in [0.25, 0.3) is 0 Å². The summed E-state index contributed by atoms with van der Waals surface area (Å²) >= 11 is 3.45. The molecule has 4 heteroatoms. The molecule has 0 aliphatic rings. The van der Waals surface area contributed by atoms with Crippen molar-refractivity contribution in [3.63, 3.8) is 0 Å². The van der Waals surface area contributed by atoms with Crippen molar-refractivity contribution in [3.8, 4) is 5.75 Å². The van der Waals surface area contributed by atoms with Crippen LogP contribution in [-0.2, 0) is 0 Å². The van der Waals surface area contributed by atoms with Gasteiger partial charge in [0.05, 0.1) is 7.11 Å². The van der Waals surface area contributed by atoms with Crippen LogP contribution in [0.3, 0.4) is 0 Å². The van der Waals surface area contributed by atoms with Gasteiger partial charge in [0, 0.05) is 10.0 Å². The van der Waals surface area contributed by atoms with Crippen LogP contribution in [-0.4, -0.2) is 12.2 Å². The van der Waals surface area contributed by atoms with Crippen molar-refractivity contribution in [2.45, 2.75) is 20.0 Å². The van der Waals surface area contributed by atoms with E-state index in [-0.39, 0.29) is 0 Å². The predicted octanol–water partition coefficient (Wildman–Crippen LogP) is 3.75. The molecule has 0 bridgehead atoms. The largest absolute Gasteiger partial charge is 0.497 e. The summed E-state index contributed by atoms with van der Waals surface area (Å²) in [6.45, 7) is 3.72. The number of halogens is 1. The first-order valence-corrected chi connectivity index (χ1v) is 6.40. The fraction of sp³-hybridized carbons (Fsp3) is 0.286. The second kappa shape index (κ2) is 5.16. The molecule has 1 aromatic heterocycles. The van der Waals surface area contributed by atoms with E-state index in [9.17, 15) is 5.11 Å². The van der Waals surface area contributed by atoms with Crippen LogP contribution in [0.4, 0.5) is 0 Å². The zero-order valence-electron chi connectivity index (χ0n) is 10.5. The van der Waals surface area contributed by atoms with Gasteiger partial charge in [0.15, 0.2) is 0 Å². The van der Waals surface area contributed by atoms with E-state index in [1.54, 1.807) is 7.11 Å². The number of hydrogen-bond donors (Lipinski definition) is 1. The third-order valence-electron chi connectivity index (χ3n) is 2.88. The number of aliphatic hydroxyl groups is 1. The molecule has 1 atom stereocenters. The summed E-state index contributed by atoms with van der Waals surface area (Å²) in [6, 6.07) is 7.36. The fourth-order valence-electron chi connectivity index (χ4n) is 1.95. The summed E-state index contributed by atoms with van der Waals surface area (Å²) in [5, 5.41) is 10.4. The number of methoxy groups -OCH3 is 1. The van der Waals surface area contributed by atoms with Crippen LogP contribution >= 0.6 is 15.9 Å². The number of aliphatic hydroxyl groups excluding tert-OH is 1. The SMILES string of the molecule is COc1ccc(C(O)c2cc(C)oc2C)c(Br)c1. The van der Waals surface area contributed by atoms with Crippen LogP contribution < -0.4 is 4.74 Å². The molecule has 0 amide bonds. The normalized spacial score (nSPS) is 12.5. The average Bonchev–Trinajstić information content (AvgIpc) is 2.67. The minimum Gasteiger partial charge on any atom is -0.497 e. The number of ether oxygens (including phenoxy) is 1. The topological polar surface area (TPSA) is 42.6 Å². The molecule has 1 unspecified atom stereocenters. The molecule has 0 aliphatic heterocycles. The molecule has 0 radical (unpaired) electrons. The Bertz CT molecular complexity index is 560. The quantitative estimate of drug-likeness (QED) is 0.939. The van der Waals surface area contributed by atoms with Crippen molar-refractivity contribution in [1.82, 2.24) is 0 Å². The van der Waals surface area contributed by atoms with Gasteiger partial charge in [-0.2, -0.15) is 0 Å². The lowest BCUT2D eigenvalue weighted by Crippen LogP contribution is -2.01. The number of hydrogen-bond acceptors (Lipinski definition) is 3. The van der Waals surface area contributed by atoms with Crippen molar-refractivity contribution in [1.29, 1.82) is 0 Å². The van der Waals surface area contributed by atoms with E-state index in [1.165, 1.54) is 0 Å². The van der Waals surface area contributed by atoms with Crippen LogP contribution in [0.25, 0.3) is 0 Å². The van der Waals surface area contributed by atoms with E-state index in [2.05, 4.69) is 15.9 Å². The molecule has 0 spiro atoms. The highest BCUT2D eigenvalue weighted by atomic mass is 79.9. The molecule has 18 heavy (non-hydrogen) atoms. The number of benzene rings is 1. The van der Waals surface area contributed by atoms with Gasteiger partial charge in [-0.15, -0.1) is 0 Å². The number of rotatable bonds is 3. The zero-order valence-corrected chi connectivity index (χ0v) is 12.1. The molecule has 0 aliphatic carbocycles. The van der Waals surface area contributed by atoms with Gasteiger partial charge >= 0.3 is 0 Å². The highest BCUT2D eigenvalue weighted by molar-refractivity contribution is 9.10. The molecule has 1 aromatic carbocycles. The first-order chi connectivity index (χ1) is 8.52. The zero-order chi connectivity index (χ0) is 13.3. The Morgan fingerprint density at radius 1 is 1.22 bits per heavy atom. The predicted molar refractivity (Wildman–Crippen MR) is 72.9 cm³/mol. The second-order valence-corrected chi connectivity index (χ2v) is 5.01. The maximum atomic E-state index is 10.4. The molecule has 2 aromatic rings. The molecule has 0 saturated carbocycles. The average molecular weight is 311 g/mol. The highest BCUT2D eigenvalue weighted by Crippen LogP contribution is 2.33.